The quantitative estimate of drug-likeness (QED) is 0.586. The summed E-state index contributed by atoms with van der Waals surface area (Å²) in [6.45, 7) is 8.65. The lowest BCUT2D eigenvalue weighted by Crippen LogP contribution is -2.67. The van der Waals surface area contributed by atoms with Crippen LogP contribution in [0, 0.1) is 0 Å². The molecule has 4 heterocycles. The van der Waals surface area contributed by atoms with E-state index in [1.165, 1.54) is 35.2 Å². The van der Waals surface area contributed by atoms with E-state index in [2.05, 4.69) is 21.6 Å². The van der Waals surface area contributed by atoms with Crippen LogP contribution in [0.3, 0.4) is 0 Å². The maximum absolute atomic E-state index is 13.7. The summed E-state index contributed by atoms with van der Waals surface area (Å²) < 4.78 is 42.1. The first-order chi connectivity index (χ1) is 15.9. The van der Waals surface area contributed by atoms with E-state index in [-0.39, 0.29) is 41.0 Å². The summed E-state index contributed by atoms with van der Waals surface area (Å²) in [6.07, 6.45) is 0.710. The third kappa shape index (κ3) is 3.55. The third-order valence-electron chi connectivity index (χ3n) is 5.96. The number of amides is 2. The standard InChI is InChI=1S/C22H22F3N7O2/c1-5-14-10-30(12(2)33)21(3,4)20(34)31(14)15-6-13(8-27-9-15)17-7-16(22(23,24)25)18-19(26)28-11-29-32(17)18/h5-9,11,14H,1,10H2,2-4H3,(H2,26,28,29)/t14-/m0/s1. The number of rotatable bonds is 3. The first-order valence-electron chi connectivity index (χ1n) is 10.3. The second-order valence-corrected chi connectivity index (χ2v) is 8.45. The molecule has 0 spiro atoms. The van der Waals surface area contributed by atoms with Crippen molar-refractivity contribution in [2.75, 3.05) is 17.2 Å². The van der Waals surface area contributed by atoms with E-state index < -0.39 is 23.3 Å². The summed E-state index contributed by atoms with van der Waals surface area (Å²) in [5.74, 6) is -0.949. The van der Waals surface area contributed by atoms with Crippen LogP contribution in [0.25, 0.3) is 16.8 Å². The van der Waals surface area contributed by atoms with Gasteiger partial charge in [-0.05, 0) is 26.0 Å². The van der Waals surface area contributed by atoms with Gasteiger partial charge in [-0.3, -0.25) is 14.6 Å². The summed E-state index contributed by atoms with van der Waals surface area (Å²) in [5.41, 5.74) is 3.93. The van der Waals surface area contributed by atoms with Crippen molar-refractivity contribution in [3.63, 3.8) is 0 Å². The lowest BCUT2D eigenvalue weighted by Gasteiger charge is -2.48. The van der Waals surface area contributed by atoms with Crippen LogP contribution in [0.2, 0.25) is 0 Å². The molecule has 4 rings (SSSR count). The molecule has 1 fully saturated rings. The molecule has 3 aromatic heterocycles. The van der Waals surface area contributed by atoms with Crippen molar-refractivity contribution >= 4 is 28.8 Å². The molecule has 0 radical (unpaired) electrons. The number of nitrogen functional groups attached to an aromatic ring is 1. The van der Waals surface area contributed by atoms with Gasteiger partial charge in [0.2, 0.25) is 5.91 Å². The number of hydrogen-bond donors (Lipinski definition) is 1. The van der Waals surface area contributed by atoms with Crippen molar-refractivity contribution in [1.82, 2.24) is 24.5 Å². The smallest absolute Gasteiger partial charge is 0.382 e. The molecule has 1 aliphatic heterocycles. The minimum atomic E-state index is -4.69. The Balaban J connectivity index is 1.86. The van der Waals surface area contributed by atoms with Gasteiger partial charge in [-0.25, -0.2) is 9.50 Å². The summed E-state index contributed by atoms with van der Waals surface area (Å²) >= 11 is 0. The Morgan fingerprint density at radius 2 is 2.00 bits per heavy atom. The van der Waals surface area contributed by atoms with Gasteiger partial charge in [0.1, 0.15) is 17.4 Å². The van der Waals surface area contributed by atoms with Crippen molar-refractivity contribution < 1.29 is 22.8 Å². The number of nitrogens with two attached hydrogens (primary N) is 1. The average Bonchev–Trinajstić information content (AvgIpc) is 3.17. The number of halogens is 3. The van der Waals surface area contributed by atoms with Crippen LogP contribution in [0.1, 0.15) is 26.3 Å². The van der Waals surface area contributed by atoms with Crippen molar-refractivity contribution in [2.45, 2.75) is 38.5 Å². The first kappa shape index (κ1) is 23.2. The SMILES string of the molecule is C=C[C@H]1CN(C(C)=O)C(C)(C)C(=O)N1c1cncc(-c2cc(C(F)(F)F)c3c(N)ncnn23)c1. The van der Waals surface area contributed by atoms with Crippen LogP contribution in [0.4, 0.5) is 24.7 Å². The summed E-state index contributed by atoms with van der Waals surface area (Å²) in [5, 5.41) is 3.95. The van der Waals surface area contributed by atoms with E-state index >= 15 is 0 Å². The predicted molar refractivity (Wildman–Crippen MR) is 119 cm³/mol. The molecule has 9 nitrogen and oxygen atoms in total. The zero-order valence-electron chi connectivity index (χ0n) is 18.7. The van der Waals surface area contributed by atoms with E-state index in [9.17, 15) is 22.8 Å². The zero-order valence-corrected chi connectivity index (χ0v) is 18.7. The second-order valence-electron chi connectivity index (χ2n) is 8.45. The maximum Gasteiger partial charge on any atom is 0.418 e. The highest BCUT2D eigenvalue weighted by atomic mass is 19.4. The molecular formula is C22H22F3N7O2. The Morgan fingerprint density at radius 1 is 1.29 bits per heavy atom. The number of aromatic nitrogens is 4. The number of hydrogen-bond acceptors (Lipinski definition) is 6. The van der Waals surface area contributed by atoms with Crippen molar-refractivity contribution in [3.05, 3.63) is 49.1 Å². The minimum absolute atomic E-state index is 0.0787. The lowest BCUT2D eigenvalue weighted by atomic mass is 9.93. The molecule has 0 saturated carbocycles. The van der Waals surface area contributed by atoms with Crippen molar-refractivity contribution in [1.29, 1.82) is 0 Å². The molecule has 1 atom stereocenters. The van der Waals surface area contributed by atoms with Crippen LogP contribution in [0.15, 0.2) is 43.5 Å². The van der Waals surface area contributed by atoms with Crippen LogP contribution < -0.4 is 10.6 Å². The van der Waals surface area contributed by atoms with Gasteiger partial charge in [-0.2, -0.15) is 18.3 Å². The highest BCUT2D eigenvalue weighted by molar-refractivity contribution is 6.04. The number of nitrogens with zero attached hydrogens (tertiary/aromatic N) is 6. The molecule has 1 saturated heterocycles. The number of alkyl halides is 3. The van der Waals surface area contributed by atoms with Gasteiger partial charge < -0.3 is 15.5 Å². The summed E-state index contributed by atoms with van der Waals surface area (Å²) in [6, 6.07) is 1.90. The fourth-order valence-electron chi connectivity index (χ4n) is 4.26. The molecule has 0 unspecified atom stereocenters. The Hall–Kier alpha value is -3.96. The van der Waals surface area contributed by atoms with Crippen LogP contribution >= 0.6 is 0 Å². The fourth-order valence-corrected chi connectivity index (χ4v) is 4.26. The van der Waals surface area contributed by atoms with Gasteiger partial charge in [-0.1, -0.05) is 6.08 Å². The Kier molecular flexibility index (Phi) is 5.34. The molecule has 0 aliphatic carbocycles. The molecule has 2 N–H and O–H groups in total. The Bertz CT molecular complexity index is 1320. The topological polar surface area (TPSA) is 110 Å². The highest BCUT2D eigenvalue weighted by Gasteiger charge is 2.47. The normalized spacial score (nSPS) is 18.4. The van der Waals surface area contributed by atoms with Gasteiger partial charge in [0.15, 0.2) is 5.82 Å². The molecule has 34 heavy (non-hydrogen) atoms. The van der Waals surface area contributed by atoms with Gasteiger partial charge in [0, 0.05) is 25.2 Å². The van der Waals surface area contributed by atoms with Gasteiger partial charge in [-0.15, -0.1) is 6.58 Å². The molecule has 3 aromatic rings. The van der Waals surface area contributed by atoms with Crippen LogP contribution in [-0.2, 0) is 15.8 Å². The lowest BCUT2D eigenvalue weighted by molar-refractivity contribution is -0.146. The van der Waals surface area contributed by atoms with E-state index in [0.29, 0.717) is 5.69 Å². The monoisotopic (exact) mass is 473 g/mol. The number of carbonyl (C=O) groups is 2. The Morgan fingerprint density at radius 3 is 2.62 bits per heavy atom. The van der Waals surface area contributed by atoms with Crippen LogP contribution in [-0.4, -0.2) is 54.4 Å². The van der Waals surface area contributed by atoms with Crippen LogP contribution in [0.5, 0.6) is 0 Å². The fraction of sp³-hybridized carbons (Fsp3) is 0.318. The van der Waals surface area contributed by atoms with E-state index in [4.69, 9.17) is 5.73 Å². The first-order valence-corrected chi connectivity index (χ1v) is 10.3. The highest BCUT2D eigenvalue weighted by Crippen LogP contribution is 2.39. The van der Waals surface area contributed by atoms with Gasteiger partial charge in [0.25, 0.3) is 5.91 Å². The minimum Gasteiger partial charge on any atom is -0.382 e. The van der Waals surface area contributed by atoms with E-state index in [1.807, 2.05) is 0 Å². The number of pyridine rings is 1. The molecule has 178 valence electrons. The number of piperazine rings is 1. The van der Waals surface area contributed by atoms with Gasteiger partial charge in [0.05, 0.1) is 29.2 Å². The summed E-state index contributed by atoms with van der Waals surface area (Å²) in [7, 11) is 0. The van der Waals surface area contributed by atoms with Crippen molar-refractivity contribution in [3.8, 4) is 11.3 Å². The summed E-state index contributed by atoms with van der Waals surface area (Å²) in [4.78, 5) is 36.3. The Labute approximate surface area is 192 Å². The number of fused-ring (bicyclic) bond motifs is 1. The maximum atomic E-state index is 13.7. The third-order valence-corrected chi connectivity index (χ3v) is 5.96. The molecule has 12 heteroatoms. The predicted octanol–water partition coefficient (Wildman–Crippen LogP) is 2.92. The zero-order chi connectivity index (χ0) is 25.0. The molecule has 2 amide bonds. The largest absolute Gasteiger partial charge is 0.418 e. The number of carbonyl (C=O) groups excluding carboxylic acids is 2. The molecule has 1 aliphatic rings. The molecule has 0 bridgehead atoms. The molecule has 0 aromatic carbocycles. The average molecular weight is 473 g/mol. The van der Waals surface area contributed by atoms with E-state index in [0.717, 1.165) is 16.9 Å². The van der Waals surface area contributed by atoms with E-state index in [1.54, 1.807) is 19.9 Å². The second kappa shape index (κ2) is 7.82. The van der Waals surface area contributed by atoms with Crippen molar-refractivity contribution in [2.24, 2.45) is 0 Å². The molecular weight excluding hydrogens is 451 g/mol. The van der Waals surface area contributed by atoms with Gasteiger partial charge >= 0.3 is 6.18 Å². The number of anilines is 2.